The van der Waals surface area contributed by atoms with Crippen molar-refractivity contribution in [2.45, 2.75) is 39.2 Å². The molecule has 3 amide bonds. The average Bonchev–Trinajstić information content (AvgIpc) is 3.26. The maximum absolute atomic E-state index is 12.6. The minimum absolute atomic E-state index is 0.0301. The van der Waals surface area contributed by atoms with Crippen LogP contribution in [0.5, 0.6) is 0 Å². The van der Waals surface area contributed by atoms with Crippen molar-refractivity contribution in [3.63, 3.8) is 0 Å². The molecule has 1 aliphatic rings. The second-order valence-electron chi connectivity index (χ2n) is 7.71. The van der Waals surface area contributed by atoms with E-state index < -0.39 is 0 Å². The number of hydrogen-bond donors (Lipinski definition) is 1. The van der Waals surface area contributed by atoms with Crippen molar-refractivity contribution in [2.24, 2.45) is 5.92 Å². The molecule has 0 aliphatic carbocycles. The number of carbonyl (C=O) groups is 2. The molecule has 1 saturated heterocycles. The Morgan fingerprint density at radius 1 is 1.21 bits per heavy atom. The smallest absolute Gasteiger partial charge is 0.321 e. The molecule has 1 fully saturated rings. The lowest BCUT2D eigenvalue weighted by Gasteiger charge is -2.33. The molecule has 0 atom stereocenters. The second kappa shape index (κ2) is 10.1. The standard InChI is InChI=1S/C22H31N5O2/c1-3-4-13-25(2)21(28)19-10-15-26(16-11-19)22(29)24-20-8-6-18(7-9-20)17-27-14-5-12-23-27/h5-9,12,14,19H,3-4,10-11,13,15-17H2,1-2H3,(H,24,29). The monoisotopic (exact) mass is 397 g/mol. The molecule has 156 valence electrons. The van der Waals surface area contributed by atoms with Gasteiger partial charge in [0.05, 0.1) is 6.54 Å². The molecule has 7 heteroatoms. The van der Waals surface area contributed by atoms with E-state index in [9.17, 15) is 9.59 Å². The van der Waals surface area contributed by atoms with Crippen LogP contribution in [0, 0.1) is 5.92 Å². The van der Waals surface area contributed by atoms with Gasteiger partial charge in [-0.3, -0.25) is 9.48 Å². The fourth-order valence-electron chi connectivity index (χ4n) is 3.62. The summed E-state index contributed by atoms with van der Waals surface area (Å²) in [5.41, 5.74) is 1.90. The molecule has 0 unspecified atom stereocenters. The van der Waals surface area contributed by atoms with Crippen LogP contribution in [0.1, 0.15) is 38.2 Å². The third-order valence-corrected chi connectivity index (χ3v) is 5.46. The molecule has 0 saturated carbocycles. The van der Waals surface area contributed by atoms with Crippen molar-refractivity contribution >= 4 is 17.6 Å². The molecule has 3 rings (SSSR count). The Morgan fingerprint density at radius 3 is 2.55 bits per heavy atom. The zero-order chi connectivity index (χ0) is 20.6. The third-order valence-electron chi connectivity index (χ3n) is 5.46. The highest BCUT2D eigenvalue weighted by atomic mass is 16.2. The number of carbonyl (C=O) groups excluding carboxylic acids is 2. The van der Waals surface area contributed by atoms with Crippen molar-refractivity contribution in [1.29, 1.82) is 0 Å². The predicted octanol–water partition coefficient (Wildman–Crippen LogP) is 3.43. The van der Waals surface area contributed by atoms with Crippen LogP contribution in [-0.4, -0.2) is 58.2 Å². The van der Waals surface area contributed by atoms with E-state index in [1.807, 2.05) is 53.2 Å². The van der Waals surface area contributed by atoms with Gasteiger partial charge in [-0.05, 0) is 43.0 Å². The van der Waals surface area contributed by atoms with Gasteiger partial charge in [-0.1, -0.05) is 25.5 Å². The van der Waals surface area contributed by atoms with Crippen molar-refractivity contribution < 1.29 is 9.59 Å². The van der Waals surface area contributed by atoms with E-state index in [4.69, 9.17) is 0 Å². The maximum Gasteiger partial charge on any atom is 0.321 e. The van der Waals surface area contributed by atoms with Crippen LogP contribution >= 0.6 is 0 Å². The van der Waals surface area contributed by atoms with Crippen LogP contribution in [0.25, 0.3) is 0 Å². The Kier molecular flexibility index (Phi) is 7.27. The lowest BCUT2D eigenvalue weighted by molar-refractivity contribution is -0.135. The van der Waals surface area contributed by atoms with E-state index in [2.05, 4.69) is 17.3 Å². The van der Waals surface area contributed by atoms with Gasteiger partial charge in [0.2, 0.25) is 5.91 Å². The number of unbranched alkanes of at least 4 members (excludes halogenated alkanes) is 1. The summed E-state index contributed by atoms with van der Waals surface area (Å²) in [5, 5.41) is 7.16. The average molecular weight is 398 g/mol. The molecule has 2 heterocycles. The summed E-state index contributed by atoms with van der Waals surface area (Å²) in [6, 6.07) is 9.61. The number of nitrogens with one attached hydrogen (secondary N) is 1. The summed E-state index contributed by atoms with van der Waals surface area (Å²) in [4.78, 5) is 28.7. The molecule has 0 bridgehead atoms. The van der Waals surface area contributed by atoms with Gasteiger partial charge < -0.3 is 15.1 Å². The van der Waals surface area contributed by atoms with Gasteiger partial charge in [-0.2, -0.15) is 5.10 Å². The number of hydrogen-bond acceptors (Lipinski definition) is 3. The summed E-state index contributed by atoms with van der Waals surface area (Å²) < 4.78 is 1.86. The van der Waals surface area contributed by atoms with E-state index >= 15 is 0 Å². The second-order valence-corrected chi connectivity index (χ2v) is 7.71. The Morgan fingerprint density at radius 2 is 1.93 bits per heavy atom. The van der Waals surface area contributed by atoms with Crippen LogP contribution < -0.4 is 5.32 Å². The first-order chi connectivity index (χ1) is 14.1. The number of piperidine rings is 1. The fraction of sp³-hybridized carbons (Fsp3) is 0.500. The van der Waals surface area contributed by atoms with Gasteiger partial charge >= 0.3 is 6.03 Å². The summed E-state index contributed by atoms with van der Waals surface area (Å²) in [6.07, 6.45) is 7.25. The van der Waals surface area contributed by atoms with E-state index in [1.165, 1.54) is 0 Å². The van der Waals surface area contributed by atoms with Gasteiger partial charge in [-0.25, -0.2) is 4.79 Å². The SMILES string of the molecule is CCCCN(C)C(=O)C1CCN(C(=O)Nc2ccc(Cn3cccn3)cc2)CC1. The minimum atomic E-state index is -0.102. The van der Waals surface area contributed by atoms with E-state index in [0.29, 0.717) is 19.6 Å². The maximum atomic E-state index is 12.6. The van der Waals surface area contributed by atoms with Crippen LogP contribution in [0.2, 0.25) is 0 Å². The number of rotatable bonds is 7. The number of benzene rings is 1. The third kappa shape index (κ3) is 5.82. The number of amides is 3. The van der Waals surface area contributed by atoms with Gasteiger partial charge in [0, 0.05) is 50.7 Å². The van der Waals surface area contributed by atoms with Crippen LogP contribution in [0.15, 0.2) is 42.7 Å². The van der Waals surface area contributed by atoms with Crippen molar-refractivity contribution in [3.8, 4) is 0 Å². The highest BCUT2D eigenvalue weighted by Crippen LogP contribution is 2.20. The first-order valence-corrected chi connectivity index (χ1v) is 10.4. The topological polar surface area (TPSA) is 70.5 Å². The molecule has 1 aromatic carbocycles. The number of anilines is 1. The Labute approximate surface area is 172 Å². The normalized spacial score (nSPS) is 14.6. The van der Waals surface area contributed by atoms with Crippen molar-refractivity contribution in [2.75, 3.05) is 32.0 Å². The van der Waals surface area contributed by atoms with Gasteiger partial charge in [0.25, 0.3) is 0 Å². The lowest BCUT2D eigenvalue weighted by Crippen LogP contribution is -2.45. The summed E-state index contributed by atoms with van der Waals surface area (Å²) in [6.45, 7) is 4.87. The van der Waals surface area contributed by atoms with Crippen LogP contribution in [0.4, 0.5) is 10.5 Å². The van der Waals surface area contributed by atoms with Crippen molar-refractivity contribution in [3.05, 3.63) is 48.3 Å². The fourth-order valence-corrected chi connectivity index (χ4v) is 3.62. The molecule has 0 spiro atoms. The number of nitrogens with zero attached hydrogens (tertiary/aromatic N) is 4. The Balaban J connectivity index is 1.45. The lowest BCUT2D eigenvalue weighted by atomic mass is 9.95. The summed E-state index contributed by atoms with van der Waals surface area (Å²) in [7, 11) is 1.88. The van der Waals surface area contributed by atoms with E-state index in [-0.39, 0.29) is 17.9 Å². The molecule has 1 N–H and O–H groups in total. The van der Waals surface area contributed by atoms with E-state index in [1.54, 1.807) is 11.1 Å². The molecule has 1 aliphatic heterocycles. The highest BCUT2D eigenvalue weighted by Gasteiger charge is 2.28. The summed E-state index contributed by atoms with van der Waals surface area (Å²) >= 11 is 0. The summed E-state index contributed by atoms with van der Waals surface area (Å²) in [5.74, 6) is 0.244. The quantitative estimate of drug-likeness (QED) is 0.778. The zero-order valence-electron chi connectivity index (χ0n) is 17.4. The molecule has 7 nitrogen and oxygen atoms in total. The number of urea groups is 1. The number of aromatic nitrogens is 2. The molecule has 29 heavy (non-hydrogen) atoms. The Bertz CT molecular complexity index is 780. The molecule has 2 aromatic rings. The molecular formula is C22H31N5O2. The molecule has 1 aromatic heterocycles. The first-order valence-electron chi connectivity index (χ1n) is 10.4. The predicted molar refractivity (Wildman–Crippen MR) is 114 cm³/mol. The first kappa shape index (κ1) is 20.9. The highest BCUT2D eigenvalue weighted by molar-refractivity contribution is 5.89. The number of likely N-dealkylation sites (tertiary alicyclic amines) is 1. The van der Waals surface area contributed by atoms with Crippen LogP contribution in [-0.2, 0) is 11.3 Å². The van der Waals surface area contributed by atoms with Crippen LogP contribution in [0.3, 0.4) is 0 Å². The van der Waals surface area contributed by atoms with E-state index in [0.717, 1.165) is 43.5 Å². The van der Waals surface area contributed by atoms with Gasteiger partial charge in [0.15, 0.2) is 0 Å². The largest absolute Gasteiger partial charge is 0.346 e. The minimum Gasteiger partial charge on any atom is -0.346 e. The zero-order valence-corrected chi connectivity index (χ0v) is 17.4. The Hall–Kier alpha value is -2.83. The van der Waals surface area contributed by atoms with Gasteiger partial charge in [-0.15, -0.1) is 0 Å². The molecule has 0 radical (unpaired) electrons. The van der Waals surface area contributed by atoms with Gasteiger partial charge in [0.1, 0.15) is 0 Å². The van der Waals surface area contributed by atoms with Crippen molar-refractivity contribution in [1.82, 2.24) is 19.6 Å². The molecular weight excluding hydrogens is 366 g/mol.